The summed E-state index contributed by atoms with van der Waals surface area (Å²) in [5.74, 6) is -1.62. The second kappa shape index (κ2) is 3.43. The van der Waals surface area contributed by atoms with E-state index < -0.39 is 11.9 Å². The SMILES string of the molecule is NC(=O)c1sc(C(=O)O)c2c1OCCO2. The average Bonchev–Trinajstić information content (AvgIpc) is 2.56. The largest absolute Gasteiger partial charge is 0.484 e. The maximum absolute atomic E-state index is 11.0. The van der Waals surface area contributed by atoms with Crippen molar-refractivity contribution in [2.75, 3.05) is 13.2 Å². The highest BCUT2D eigenvalue weighted by Gasteiger charge is 2.30. The molecule has 0 radical (unpaired) electrons. The number of thiophene rings is 1. The van der Waals surface area contributed by atoms with Gasteiger partial charge in [-0.05, 0) is 0 Å². The second-order valence-electron chi connectivity index (χ2n) is 2.78. The molecule has 6 nitrogen and oxygen atoms in total. The van der Waals surface area contributed by atoms with Crippen molar-refractivity contribution < 1.29 is 24.2 Å². The quantitative estimate of drug-likeness (QED) is 0.760. The minimum atomic E-state index is -1.16. The topological polar surface area (TPSA) is 98.9 Å². The maximum atomic E-state index is 11.0. The number of aromatic carboxylic acids is 1. The lowest BCUT2D eigenvalue weighted by Crippen LogP contribution is -2.18. The van der Waals surface area contributed by atoms with Crippen molar-refractivity contribution in [1.82, 2.24) is 0 Å². The van der Waals surface area contributed by atoms with Crippen LogP contribution in [0, 0.1) is 0 Å². The van der Waals surface area contributed by atoms with E-state index in [9.17, 15) is 9.59 Å². The van der Waals surface area contributed by atoms with E-state index in [0.29, 0.717) is 0 Å². The summed E-state index contributed by atoms with van der Waals surface area (Å²) in [6, 6.07) is 0. The van der Waals surface area contributed by atoms with E-state index in [1.54, 1.807) is 0 Å². The summed E-state index contributed by atoms with van der Waals surface area (Å²) in [5, 5.41) is 8.86. The van der Waals surface area contributed by atoms with Crippen molar-refractivity contribution in [3.05, 3.63) is 9.75 Å². The maximum Gasteiger partial charge on any atom is 0.349 e. The lowest BCUT2D eigenvalue weighted by molar-refractivity contribution is 0.0692. The molecular formula is C8H7NO5S. The first-order chi connectivity index (χ1) is 7.11. The summed E-state index contributed by atoms with van der Waals surface area (Å²) in [6.07, 6.45) is 0. The lowest BCUT2D eigenvalue weighted by atomic mass is 10.3. The van der Waals surface area contributed by atoms with Crippen LogP contribution in [-0.2, 0) is 0 Å². The van der Waals surface area contributed by atoms with Gasteiger partial charge in [-0.25, -0.2) is 4.79 Å². The molecule has 80 valence electrons. The Labute approximate surface area is 88.2 Å². The highest BCUT2D eigenvalue weighted by Crippen LogP contribution is 2.43. The van der Waals surface area contributed by atoms with Crippen LogP contribution in [0.5, 0.6) is 11.5 Å². The summed E-state index contributed by atoms with van der Waals surface area (Å²) in [6.45, 7) is 0.547. The van der Waals surface area contributed by atoms with Gasteiger partial charge in [0.05, 0.1) is 0 Å². The van der Waals surface area contributed by atoms with Gasteiger partial charge in [0.2, 0.25) is 0 Å². The first kappa shape index (κ1) is 9.78. The summed E-state index contributed by atoms with van der Waals surface area (Å²) < 4.78 is 10.3. The summed E-state index contributed by atoms with van der Waals surface area (Å²) in [7, 11) is 0. The molecule has 15 heavy (non-hydrogen) atoms. The Bertz CT molecular complexity index is 400. The number of carboxylic acid groups (broad SMARTS) is 1. The smallest absolute Gasteiger partial charge is 0.349 e. The van der Waals surface area contributed by atoms with Crippen LogP contribution in [0.4, 0.5) is 0 Å². The summed E-state index contributed by atoms with van der Waals surface area (Å²) >= 11 is 0.767. The van der Waals surface area contributed by atoms with Crippen molar-refractivity contribution in [3.63, 3.8) is 0 Å². The van der Waals surface area contributed by atoms with Gasteiger partial charge in [0.1, 0.15) is 18.1 Å². The Balaban J connectivity index is 2.59. The highest BCUT2D eigenvalue weighted by atomic mass is 32.1. The third-order valence-electron chi connectivity index (χ3n) is 1.82. The van der Waals surface area contributed by atoms with Crippen LogP contribution in [0.3, 0.4) is 0 Å². The van der Waals surface area contributed by atoms with Crippen molar-refractivity contribution in [3.8, 4) is 11.5 Å². The summed E-state index contributed by atoms with van der Waals surface area (Å²) in [5.41, 5.74) is 5.09. The zero-order chi connectivity index (χ0) is 11.0. The Hall–Kier alpha value is -1.76. The zero-order valence-electron chi connectivity index (χ0n) is 7.48. The number of amides is 1. The van der Waals surface area contributed by atoms with E-state index in [2.05, 4.69) is 0 Å². The summed E-state index contributed by atoms with van der Waals surface area (Å²) in [4.78, 5) is 21.9. The Morgan fingerprint density at radius 3 is 2.20 bits per heavy atom. The zero-order valence-corrected chi connectivity index (χ0v) is 8.30. The van der Waals surface area contributed by atoms with Crippen molar-refractivity contribution in [1.29, 1.82) is 0 Å². The van der Waals surface area contributed by atoms with E-state index in [1.807, 2.05) is 0 Å². The number of primary amides is 1. The Morgan fingerprint density at radius 2 is 1.73 bits per heavy atom. The fraction of sp³-hybridized carbons (Fsp3) is 0.250. The molecule has 0 unspecified atom stereocenters. The van der Waals surface area contributed by atoms with E-state index in [0.717, 1.165) is 11.3 Å². The number of carbonyl (C=O) groups is 2. The first-order valence-electron chi connectivity index (χ1n) is 4.06. The molecule has 0 aliphatic carbocycles. The number of nitrogens with two attached hydrogens (primary N) is 1. The molecule has 1 aromatic heterocycles. The average molecular weight is 229 g/mol. The normalized spacial score (nSPS) is 13.6. The fourth-order valence-electron chi connectivity index (χ4n) is 1.25. The van der Waals surface area contributed by atoms with Crippen molar-refractivity contribution in [2.24, 2.45) is 5.73 Å². The van der Waals surface area contributed by atoms with Crippen LogP contribution in [0.25, 0.3) is 0 Å². The molecule has 0 saturated carbocycles. The molecule has 0 spiro atoms. The lowest BCUT2D eigenvalue weighted by Gasteiger charge is -2.15. The van der Waals surface area contributed by atoms with E-state index in [-0.39, 0.29) is 34.5 Å². The second-order valence-corrected chi connectivity index (χ2v) is 3.81. The standard InChI is InChI=1S/C8H7NO5S/c9-7(10)5-3-4(14-2-1-13-3)6(15-5)8(11)12/h1-2H2,(H2,9,10)(H,11,12). The van der Waals surface area contributed by atoms with Gasteiger partial charge in [-0.3, -0.25) is 4.79 Å². The van der Waals surface area contributed by atoms with Crippen LogP contribution in [0.15, 0.2) is 0 Å². The van der Waals surface area contributed by atoms with Gasteiger partial charge in [0.15, 0.2) is 16.4 Å². The molecule has 0 fully saturated rings. The van der Waals surface area contributed by atoms with Crippen LogP contribution in [0.2, 0.25) is 0 Å². The number of hydrogen-bond acceptors (Lipinski definition) is 5. The van der Waals surface area contributed by atoms with Crippen LogP contribution in [0.1, 0.15) is 19.3 Å². The van der Waals surface area contributed by atoms with Gasteiger partial charge < -0.3 is 20.3 Å². The van der Waals surface area contributed by atoms with Crippen molar-refractivity contribution in [2.45, 2.75) is 0 Å². The number of carbonyl (C=O) groups excluding carboxylic acids is 1. The van der Waals surface area contributed by atoms with E-state index >= 15 is 0 Å². The van der Waals surface area contributed by atoms with Gasteiger partial charge in [0, 0.05) is 0 Å². The predicted molar refractivity (Wildman–Crippen MR) is 50.8 cm³/mol. The van der Waals surface area contributed by atoms with E-state index in [1.165, 1.54) is 0 Å². The molecule has 1 aliphatic rings. The predicted octanol–water partition coefficient (Wildman–Crippen LogP) is 0.316. The highest BCUT2D eigenvalue weighted by molar-refractivity contribution is 7.16. The van der Waals surface area contributed by atoms with Gasteiger partial charge in [-0.15, -0.1) is 11.3 Å². The van der Waals surface area contributed by atoms with Gasteiger partial charge in [0.25, 0.3) is 5.91 Å². The molecule has 0 bridgehead atoms. The minimum absolute atomic E-state index is 0.0569. The minimum Gasteiger partial charge on any atom is -0.484 e. The van der Waals surface area contributed by atoms with Crippen LogP contribution >= 0.6 is 11.3 Å². The Morgan fingerprint density at radius 1 is 1.20 bits per heavy atom. The molecule has 0 atom stereocenters. The third-order valence-corrected chi connectivity index (χ3v) is 2.97. The molecular weight excluding hydrogens is 222 g/mol. The molecule has 3 N–H and O–H groups in total. The molecule has 2 heterocycles. The van der Waals surface area contributed by atoms with Gasteiger partial charge >= 0.3 is 5.97 Å². The molecule has 1 amide bonds. The Kier molecular flexibility index (Phi) is 2.24. The molecule has 1 aromatic rings. The van der Waals surface area contributed by atoms with Crippen LogP contribution < -0.4 is 15.2 Å². The monoisotopic (exact) mass is 229 g/mol. The molecule has 0 saturated heterocycles. The van der Waals surface area contributed by atoms with Crippen molar-refractivity contribution >= 4 is 23.2 Å². The number of rotatable bonds is 2. The molecule has 2 rings (SSSR count). The van der Waals surface area contributed by atoms with Crippen LogP contribution in [-0.4, -0.2) is 30.2 Å². The first-order valence-corrected chi connectivity index (χ1v) is 4.88. The number of hydrogen-bond donors (Lipinski definition) is 2. The fourth-order valence-corrected chi connectivity index (χ4v) is 2.13. The third kappa shape index (κ3) is 1.50. The number of ether oxygens (including phenoxy) is 2. The number of carboxylic acids is 1. The molecule has 1 aliphatic heterocycles. The van der Waals surface area contributed by atoms with Gasteiger partial charge in [-0.1, -0.05) is 0 Å². The van der Waals surface area contributed by atoms with E-state index in [4.69, 9.17) is 20.3 Å². The number of fused-ring (bicyclic) bond motifs is 1. The molecule has 7 heteroatoms. The molecule has 0 aromatic carbocycles. The van der Waals surface area contributed by atoms with Gasteiger partial charge in [-0.2, -0.15) is 0 Å².